The Bertz CT molecular complexity index is 630. The molecular formula is C18H32N2O11S. The molecule has 2 heterocycles. The van der Waals surface area contributed by atoms with E-state index < -0.39 is 86.3 Å². The molecule has 2 saturated heterocycles. The third kappa shape index (κ3) is 6.50. The van der Waals surface area contributed by atoms with E-state index in [4.69, 9.17) is 18.9 Å². The van der Waals surface area contributed by atoms with Crippen LogP contribution in [-0.2, 0) is 28.5 Å². The lowest BCUT2D eigenvalue weighted by molar-refractivity contribution is -0.331. The number of aliphatic hydroxyl groups is 5. The van der Waals surface area contributed by atoms with Gasteiger partial charge in [-0.05, 0) is 0 Å². The predicted molar refractivity (Wildman–Crippen MR) is 109 cm³/mol. The van der Waals surface area contributed by atoms with E-state index in [1.807, 2.05) is 0 Å². The van der Waals surface area contributed by atoms with E-state index in [0.29, 0.717) is 5.75 Å². The van der Waals surface area contributed by atoms with Crippen LogP contribution in [0.15, 0.2) is 0 Å². The summed E-state index contributed by atoms with van der Waals surface area (Å²) < 4.78 is 22.5. The number of aliphatic hydroxyl groups excluding tert-OH is 5. The van der Waals surface area contributed by atoms with Gasteiger partial charge < -0.3 is 55.1 Å². The Labute approximate surface area is 190 Å². The Morgan fingerprint density at radius 1 is 0.875 bits per heavy atom. The number of hydrogen-bond acceptors (Lipinski definition) is 12. The first-order chi connectivity index (χ1) is 15.1. The first-order valence-electron chi connectivity index (χ1n) is 10.1. The van der Waals surface area contributed by atoms with E-state index in [-0.39, 0.29) is 6.61 Å². The molecule has 7 N–H and O–H groups in total. The first kappa shape index (κ1) is 27.2. The Kier molecular flexibility index (Phi) is 10.5. The van der Waals surface area contributed by atoms with E-state index in [0.717, 1.165) is 0 Å². The molecule has 32 heavy (non-hydrogen) atoms. The van der Waals surface area contributed by atoms with Gasteiger partial charge in [-0.1, -0.05) is 0 Å². The van der Waals surface area contributed by atoms with Crippen LogP contribution in [0.1, 0.15) is 13.8 Å². The van der Waals surface area contributed by atoms with Crippen molar-refractivity contribution in [3.05, 3.63) is 0 Å². The second-order valence-corrected chi connectivity index (χ2v) is 8.02. The summed E-state index contributed by atoms with van der Waals surface area (Å²) >= 11 is 4.04. The van der Waals surface area contributed by atoms with Gasteiger partial charge in [-0.25, -0.2) is 0 Å². The fraction of sp³-hybridized carbons (Fsp3) is 0.889. The minimum Gasteiger partial charge on any atom is -0.394 e. The minimum atomic E-state index is -1.57. The molecule has 0 aromatic carbocycles. The Morgan fingerprint density at radius 2 is 1.41 bits per heavy atom. The monoisotopic (exact) mass is 484 g/mol. The molecule has 10 atom stereocenters. The number of carbonyl (C=O) groups is 2. The summed E-state index contributed by atoms with van der Waals surface area (Å²) in [5, 5.41) is 55.7. The standard InChI is InChI=1S/C18H32N2O11S/c1-7(23)19-11-14(26)13(25)9(5-21)29-18(11)31-16-10(6-22)30-17(28-3-4-32)12(15(16)27)20-8(2)24/h9-18,21-22,25-27,32H,3-6H2,1-2H3,(H,19,23)(H,20,24)/t9?,10?,11?,12?,13-,14?,15?,16-,17-,18+/m1/s1. The fourth-order valence-electron chi connectivity index (χ4n) is 3.68. The fourth-order valence-corrected chi connectivity index (χ4v) is 3.78. The van der Waals surface area contributed by atoms with Crippen molar-refractivity contribution in [1.29, 1.82) is 0 Å². The van der Waals surface area contributed by atoms with Gasteiger partial charge in [0.1, 0.15) is 48.7 Å². The van der Waals surface area contributed by atoms with Gasteiger partial charge in [0.05, 0.1) is 19.8 Å². The van der Waals surface area contributed by atoms with E-state index >= 15 is 0 Å². The normalized spacial score (nSPS) is 40.0. The summed E-state index contributed by atoms with van der Waals surface area (Å²) in [4.78, 5) is 23.3. The lowest BCUT2D eigenvalue weighted by Gasteiger charge is -2.48. The average Bonchev–Trinajstić information content (AvgIpc) is 2.74. The third-order valence-electron chi connectivity index (χ3n) is 5.14. The number of ether oxygens (including phenoxy) is 4. The van der Waals surface area contributed by atoms with Crippen molar-refractivity contribution in [1.82, 2.24) is 10.6 Å². The van der Waals surface area contributed by atoms with Gasteiger partial charge in [0.2, 0.25) is 11.8 Å². The molecule has 0 aromatic heterocycles. The predicted octanol–water partition coefficient (Wildman–Crippen LogP) is -4.16. The van der Waals surface area contributed by atoms with Gasteiger partial charge in [0.15, 0.2) is 12.6 Å². The zero-order valence-corrected chi connectivity index (χ0v) is 18.6. The van der Waals surface area contributed by atoms with Crippen LogP contribution in [0.4, 0.5) is 0 Å². The summed E-state index contributed by atoms with van der Waals surface area (Å²) in [6.07, 6.45) is -10.8. The highest BCUT2D eigenvalue weighted by Crippen LogP contribution is 2.29. The number of thiol groups is 1. The molecule has 2 rings (SSSR count). The van der Waals surface area contributed by atoms with Crippen molar-refractivity contribution in [2.45, 2.75) is 75.1 Å². The Hall–Kier alpha value is -1.07. The molecular weight excluding hydrogens is 452 g/mol. The van der Waals surface area contributed by atoms with Crippen LogP contribution in [0, 0.1) is 0 Å². The smallest absolute Gasteiger partial charge is 0.217 e. The molecule has 2 aliphatic rings. The van der Waals surface area contributed by atoms with Crippen molar-refractivity contribution >= 4 is 24.4 Å². The molecule has 2 aliphatic heterocycles. The highest BCUT2D eigenvalue weighted by molar-refractivity contribution is 7.80. The molecule has 0 saturated carbocycles. The van der Waals surface area contributed by atoms with Gasteiger partial charge in [-0.3, -0.25) is 9.59 Å². The van der Waals surface area contributed by atoms with Crippen molar-refractivity contribution in [2.24, 2.45) is 0 Å². The van der Waals surface area contributed by atoms with Gasteiger partial charge in [-0.15, -0.1) is 0 Å². The summed E-state index contributed by atoms with van der Waals surface area (Å²) in [6, 6.07) is -2.36. The topological polar surface area (TPSA) is 196 Å². The van der Waals surface area contributed by atoms with Crippen molar-refractivity contribution < 1.29 is 54.1 Å². The maximum Gasteiger partial charge on any atom is 0.217 e. The quantitative estimate of drug-likeness (QED) is 0.148. The van der Waals surface area contributed by atoms with Crippen LogP contribution in [0.25, 0.3) is 0 Å². The van der Waals surface area contributed by atoms with Gasteiger partial charge in [0, 0.05) is 19.6 Å². The van der Waals surface area contributed by atoms with E-state index in [2.05, 4.69) is 23.3 Å². The molecule has 0 aromatic rings. The maximum absolute atomic E-state index is 11.7. The van der Waals surface area contributed by atoms with Crippen LogP contribution < -0.4 is 10.6 Å². The van der Waals surface area contributed by atoms with Crippen molar-refractivity contribution in [2.75, 3.05) is 25.6 Å². The third-order valence-corrected chi connectivity index (χ3v) is 5.32. The maximum atomic E-state index is 11.7. The number of amides is 2. The second-order valence-electron chi connectivity index (χ2n) is 7.57. The molecule has 2 amide bonds. The average molecular weight is 485 g/mol. The van der Waals surface area contributed by atoms with Crippen LogP contribution in [0.5, 0.6) is 0 Å². The summed E-state index contributed by atoms with van der Waals surface area (Å²) in [5.41, 5.74) is 0. The second kappa shape index (κ2) is 12.4. The Balaban J connectivity index is 2.29. The largest absolute Gasteiger partial charge is 0.394 e. The molecule has 0 spiro atoms. The first-order valence-corrected chi connectivity index (χ1v) is 10.8. The van der Waals surface area contributed by atoms with E-state index in [1.165, 1.54) is 13.8 Å². The molecule has 186 valence electrons. The molecule has 6 unspecified atom stereocenters. The van der Waals surface area contributed by atoms with E-state index in [9.17, 15) is 35.1 Å². The SMILES string of the molecule is CC(=O)NC1C(O)[C@H](O)C(CO)O[C@H]1O[C@@H]1C(CO)O[C@@H](OCCS)C(NC(C)=O)C1O. The Morgan fingerprint density at radius 3 is 1.91 bits per heavy atom. The number of carbonyl (C=O) groups excluding carboxylic acids is 2. The molecule has 14 heteroatoms. The summed E-state index contributed by atoms with van der Waals surface area (Å²) in [7, 11) is 0. The highest BCUT2D eigenvalue weighted by Gasteiger charge is 2.51. The minimum absolute atomic E-state index is 0.138. The molecule has 0 aliphatic carbocycles. The molecule has 0 radical (unpaired) electrons. The number of nitrogens with one attached hydrogen (secondary N) is 2. The van der Waals surface area contributed by atoms with Gasteiger partial charge in [0.25, 0.3) is 0 Å². The molecule has 13 nitrogen and oxygen atoms in total. The van der Waals surface area contributed by atoms with Crippen molar-refractivity contribution in [3.8, 4) is 0 Å². The highest BCUT2D eigenvalue weighted by atomic mass is 32.1. The zero-order chi connectivity index (χ0) is 24.0. The lowest BCUT2D eigenvalue weighted by Crippen LogP contribution is -2.69. The summed E-state index contributed by atoms with van der Waals surface area (Å²) in [5.74, 6) is -0.706. The molecule has 2 fully saturated rings. The van der Waals surface area contributed by atoms with Gasteiger partial charge in [-0.2, -0.15) is 12.6 Å². The zero-order valence-electron chi connectivity index (χ0n) is 17.7. The lowest BCUT2D eigenvalue weighted by atomic mass is 9.94. The van der Waals surface area contributed by atoms with Crippen LogP contribution in [0.3, 0.4) is 0 Å². The van der Waals surface area contributed by atoms with Crippen LogP contribution >= 0.6 is 12.6 Å². The number of rotatable bonds is 9. The van der Waals surface area contributed by atoms with Crippen LogP contribution in [0.2, 0.25) is 0 Å². The van der Waals surface area contributed by atoms with Gasteiger partial charge >= 0.3 is 0 Å². The summed E-state index contributed by atoms with van der Waals surface area (Å²) in [6.45, 7) is 1.28. The van der Waals surface area contributed by atoms with E-state index in [1.54, 1.807) is 0 Å². The number of hydrogen-bond donors (Lipinski definition) is 8. The van der Waals surface area contributed by atoms with Crippen LogP contribution in [-0.4, -0.2) is 124 Å². The molecule has 0 bridgehead atoms. The van der Waals surface area contributed by atoms with Crippen molar-refractivity contribution in [3.63, 3.8) is 0 Å².